The molecule has 176 valence electrons. The lowest BCUT2D eigenvalue weighted by Gasteiger charge is -2.25. The lowest BCUT2D eigenvalue weighted by Crippen LogP contribution is -2.34. The highest BCUT2D eigenvalue weighted by Gasteiger charge is 2.23. The van der Waals surface area contributed by atoms with Crippen molar-refractivity contribution in [2.45, 2.75) is 58.4 Å². The fourth-order valence-corrected chi connectivity index (χ4v) is 5.13. The van der Waals surface area contributed by atoms with E-state index in [1.165, 1.54) is 42.3 Å². The molecule has 1 aromatic heterocycles. The maximum absolute atomic E-state index is 13.0. The molecule has 1 aliphatic rings. The monoisotopic (exact) mass is 446 g/mol. The van der Waals surface area contributed by atoms with Crippen LogP contribution in [-0.4, -0.2) is 37.6 Å². The summed E-state index contributed by atoms with van der Waals surface area (Å²) in [7, 11) is 3.92. The highest BCUT2D eigenvalue weighted by atomic mass is 16.1. The first-order valence-electron chi connectivity index (χ1n) is 12.4. The van der Waals surface area contributed by atoms with Gasteiger partial charge in [-0.2, -0.15) is 0 Å². The van der Waals surface area contributed by atoms with Crippen molar-refractivity contribution in [2.24, 2.45) is 5.92 Å². The summed E-state index contributed by atoms with van der Waals surface area (Å²) in [4.78, 5) is 18.6. The summed E-state index contributed by atoms with van der Waals surface area (Å²) in [6, 6.07) is 14.6. The smallest absolute Gasteiger partial charge is 0.257 e. The maximum atomic E-state index is 13.0. The molecule has 0 saturated heterocycles. The molecule has 0 aliphatic heterocycles. The van der Waals surface area contributed by atoms with E-state index in [1.54, 1.807) is 0 Å². The molecule has 2 atom stereocenters. The number of aryl methyl sites for hydroxylation is 1. The minimum atomic E-state index is -0.0772. The van der Waals surface area contributed by atoms with Crippen molar-refractivity contribution in [1.29, 1.82) is 0 Å². The minimum Gasteiger partial charge on any atom is -0.377 e. The van der Waals surface area contributed by atoms with Crippen molar-refractivity contribution in [3.63, 3.8) is 0 Å². The number of carbonyl (C=O) groups excluding carboxylic acids is 1. The van der Waals surface area contributed by atoms with Gasteiger partial charge < -0.3 is 20.5 Å². The van der Waals surface area contributed by atoms with E-state index in [0.29, 0.717) is 17.5 Å². The molecule has 33 heavy (non-hydrogen) atoms. The molecule has 1 heterocycles. The maximum Gasteiger partial charge on any atom is 0.257 e. The normalized spacial score (nSPS) is 16.4. The van der Waals surface area contributed by atoms with Gasteiger partial charge in [0.05, 0.1) is 5.56 Å². The van der Waals surface area contributed by atoms with Crippen LogP contribution in [0.15, 0.2) is 42.5 Å². The summed E-state index contributed by atoms with van der Waals surface area (Å²) in [5, 5.41) is 8.18. The van der Waals surface area contributed by atoms with Crippen molar-refractivity contribution < 1.29 is 4.79 Å². The van der Waals surface area contributed by atoms with E-state index in [4.69, 9.17) is 0 Å². The third kappa shape index (κ3) is 5.25. The summed E-state index contributed by atoms with van der Waals surface area (Å²) < 4.78 is 0. The number of para-hydroxylation sites is 1. The molecule has 0 saturated carbocycles. The summed E-state index contributed by atoms with van der Waals surface area (Å²) in [6.45, 7) is 5.62. The second kappa shape index (κ2) is 10.4. The molecule has 2 unspecified atom stereocenters. The highest BCUT2D eigenvalue weighted by Crippen LogP contribution is 2.33. The van der Waals surface area contributed by atoms with Gasteiger partial charge in [-0.15, -0.1) is 0 Å². The van der Waals surface area contributed by atoms with Gasteiger partial charge in [-0.1, -0.05) is 32.4 Å². The number of fused-ring (bicyclic) bond motifs is 3. The van der Waals surface area contributed by atoms with Crippen molar-refractivity contribution >= 4 is 28.2 Å². The van der Waals surface area contributed by atoms with Crippen LogP contribution in [-0.2, 0) is 12.8 Å². The summed E-state index contributed by atoms with van der Waals surface area (Å²) in [5.74, 6) is 0.583. The van der Waals surface area contributed by atoms with Crippen molar-refractivity contribution in [3.8, 4) is 0 Å². The first-order valence-corrected chi connectivity index (χ1v) is 12.4. The second-order valence-corrected chi connectivity index (χ2v) is 9.62. The van der Waals surface area contributed by atoms with Gasteiger partial charge in [0.1, 0.15) is 0 Å². The van der Waals surface area contributed by atoms with Crippen LogP contribution in [0.3, 0.4) is 0 Å². The van der Waals surface area contributed by atoms with Crippen LogP contribution in [0.1, 0.15) is 61.1 Å². The molecule has 5 heteroatoms. The average Bonchev–Trinajstić information content (AvgIpc) is 3.19. The van der Waals surface area contributed by atoms with Crippen molar-refractivity contribution in [3.05, 3.63) is 59.3 Å². The molecule has 3 N–H and O–H groups in total. The molecule has 0 bridgehead atoms. The number of aromatic nitrogens is 1. The first-order chi connectivity index (χ1) is 16.0. The molecule has 1 aliphatic carbocycles. The summed E-state index contributed by atoms with van der Waals surface area (Å²) >= 11 is 0. The molecule has 2 aromatic carbocycles. The van der Waals surface area contributed by atoms with Gasteiger partial charge in [-0.3, -0.25) is 4.79 Å². The highest BCUT2D eigenvalue weighted by molar-refractivity contribution is 6.08. The molecule has 5 nitrogen and oxygen atoms in total. The van der Waals surface area contributed by atoms with E-state index >= 15 is 0 Å². The Labute approximate surface area is 198 Å². The van der Waals surface area contributed by atoms with E-state index in [1.807, 2.05) is 49.3 Å². The Kier molecular flexibility index (Phi) is 7.39. The van der Waals surface area contributed by atoms with Crippen molar-refractivity contribution in [2.75, 3.05) is 30.9 Å². The van der Waals surface area contributed by atoms with Gasteiger partial charge in [0.15, 0.2) is 0 Å². The number of rotatable bonds is 9. The third-order valence-corrected chi connectivity index (χ3v) is 7.00. The third-order valence-electron chi connectivity index (χ3n) is 7.00. The number of benzene rings is 2. The summed E-state index contributed by atoms with van der Waals surface area (Å²) in [6.07, 6.45) is 7.08. The van der Waals surface area contributed by atoms with Gasteiger partial charge in [-0.05, 0) is 80.5 Å². The van der Waals surface area contributed by atoms with Crippen molar-refractivity contribution in [1.82, 2.24) is 10.3 Å². The van der Waals surface area contributed by atoms with Gasteiger partial charge in [-0.25, -0.2) is 0 Å². The van der Waals surface area contributed by atoms with Crippen LogP contribution in [0.25, 0.3) is 10.9 Å². The second-order valence-electron chi connectivity index (χ2n) is 9.62. The van der Waals surface area contributed by atoms with E-state index in [0.717, 1.165) is 36.3 Å². The van der Waals surface area contributed by atoms with E-state index < -0.39 is 0 Å². The molecule has 4 rings (SSSR count). The number of amides is 1. The Morgan fingerprint density at radius 1 is 1.18 bits per heavy atom. The zero-order chi connectivity index (χ0) is 23.4. The Morgan fingerprint density at radius 3 is 2.76 bits per heavy atom. The molecular formula is C28H38N4O. The van der Waals surface area contributed by atoms with Gasteiger partial charge in [0.25, 0.3) is 5.91 Å². The zero-order valence-corrected chi connectivity index (χ0v) is 20.5. The average molecular weight is 447 g/mol. The minimum absolute atomic E-state index is 0.0772. The standard InChI is InChI=1S/C28H38N4O/c1-5-9-20(6-2)29-18-19-12-14-25-23(16-19)24-17-21(13-15-26(24)31-25)30-28(33)22-10-7-8-11-27(22)32(3)4/h7-8,10-11,13,15,17,19-20,29,31H,5-6,9,12,14,16,18H2,1-4H3,(H,30,33). The Morgan fingerprint density at radius 2 is 2.00 bits per heavy atom. The Bertz CT molecular complexity index is 1100. The SMILES string of the molecule is CCCC(CC)NCC1CCc2[nH]c3ccc(NC(=O)c4ccccc4N(C)C)cc3c2C1. The number of H-pyrrole nitrogens is 1. The summed E-state index contributed by atoms with van der Waals surface area (Å²) in [5.41, 5.74) is 6.40. The van der Waals surface area contributed by atoms with Gasteiger partial charge in [0.2, 0.25) is 0 Å². The van der Waals surface area contributed by atoms with E-state index in [2.05, 4.69) is 41.6 Å². The van der Waals surface area contributed by atoms with E-state index in [9.17, 15) is 4.79 Å². The Balaban J connectivity index is 1.51. The predicted octanol–water partition coefficient (Wildman–Crippen LogP) is 5.76. The van der Waals surface area contributed by atoms with Crippen LogP contribution in [0.4, 0.5) is 11.4 Å². The van der Waals surface area contributed by atoms with Crippen LogP contribution >= 0.6 is 0 Å². The number of aromatic amines is 1. The largest absolute Gasteiger partial charge is 0.377 e. The van der Waals surface area contributed by atoms with Crippen LogP contribution in [0.5, 0.6) is 0 Å². The fourth-order valence-electron chi connectivity index (χ4n) is 5.13. The number of hydrogen-bond acceptors (Lipinski definition) is 3. The topological polar surface area (TPSA) is 60.2 Å². The molecular weight excluding hydrogens is 408 g/mol. The molecule has 0 spiro atoms. The quantitative estimate of drug-likeness (QED) is 0.392. The molecule has 0 fully saturated rings. The van der Waals surface area contributed by atoms with Crippen LogP contribution < -0.4 is 15.5 Å². The van der Waals surface area contributed by atoms with Gasteiger partial charge in [0, 0.05) is 48.1 Å². The molecule has 1 amide bonds. The lowest BCUT2D eigenvalue weighted by atomic mass is 9.86. The predicted molar refractivity (Wildman–Crippen MR) is 140 cm³/mol. The number of nitrogens with zero attached hydrogens (tertiary/aromatic N) is 1. The van der Waals surface area contributed by atoms with Gasteiger partial charge >= 0.3 is 0 Å². The number of carbonyl (C=O) groups is 1. The number of anilines is 2. The number of hydrogen-bond donors (Lipinski definition) is 3. The van der Waals surface area contributed by atoms with E-state index in [-0.39, 0.29) is 5.91 Å². The molecule has 3 aromatic rings. The first kappa shape index (κ1) is 23.4. The Hall–Kier alpha value is -2.79. The van der Waals surface area contributed by atoms with Crippen LogP contribution in [0.2, 0.25) is 0 Å². The zero-order valence-electron chi connectivity index (χ0n) is 20.5. The number of nitrogens with one attached hydrogen (secondary N) is 3. The fraction of sp³-hybridized carbons (Fsp3) is 0.464. The molecule has 0 radical (unpaired) electrons. The van der Waals surface area contributed by atoms with Crippen LogP contribution in [0, 0.1) is 5.92 Å². The lowest BCUT2D eigenvalue weighted by molar-refractivity contribution is 0.102.